The Morgan fingerprint density at radius 3 is 2.64 bits per heavy atom. The SMILES string of the molecule is Cc1nnc(CN=C(NCCCCC2CCCC2)NCC2CCCO2)n1C.I. The van der Waals surface area contributed by atoms with Gasteiger partial charge in [0.05, 0.1) is 6.10 Å². The Labute approximate surface area is 186 Å². The van der Waals surface area contributed by atoms with Gasteiger partial charge in [0.1, 0.15) is 12.4 Å². The molecule has 1 atom stereocenters. The highest BCUT2D eigenvalue weighted by atomic mass is 127. The van der Waals surface area contributed by atoms with Gasteiger partial charge in [-0.2, -0.15) is 0 Å². The second kappa shape index (κ2) is 12.6. The number of hydrogen-bond acceptors (Lipinski definition) is 4. The molecule has 1 aromatic heterocycles. The number of halogens is 1. The van der Waals surface area contributed by atoms with Gasteiger partial charge in [0.2, 0.25) is 0 Å². The normalized spacial score (nSPS) is 20.4. The van der Waals surface area contributed by atoms with E-state index in [2.05, 4.69) is 20.8 Å². The van der Waals surface area contributed by atoms with Crippen molar-refractivity contribution in [2.75, 3.05) is 19.7 Å². The van der Waals surface area contributed by atoms with E-state index in [0.29, 0.717) is 12.6 Å². The van der Waals surface area contributed by atoms with Crippen molar-refractivity contribution in [1.29, 1.82) is 0 Å². The number of aliphatic imine (C=N–C) groups is 1. The summed E-state index contributed by atoms with van der Waals surface area (Å²) in [6.45, 7) is 5.14. The van der Waals surface area contributed by atoms with E-state index >= 15 is 0 Å². The number of unbranched alkanes of at least 4 members (excludes halogenated alkanes) is 1. The lowest BCUT2D eigenvalue weighted by atomic mass is 10.0. The van der Waals surface area contributed by atoms with Crippen LogP contribution in [0.2, 0.25) is 0 Å². The second-order valence-electron chi connectivity index (χ2n) is 7.98. The zero-order valence-electron chi connectivity index (χ0n) is 17.5. The summed E-state index contributed by atoms with van der Waals surface area (Å²) in [5.74, 6) is 3.63. The Morgan fingerprint density at radius 2 is 1.96 bits per heavy atom. The molecule has 2 fully saturated rings. The number of hydrogen-bond donors (Lipinski definition) is 2. The van der Waals surface area contributed by atoms with Crippen LogP contribution < -0.4 is 10.6 Å². The molecule has 28 heavy (non-hydrogen) atoms. The summed E-state index contributed by atoms with van der Waals surface area (Å²) < 4.78 is 7.71. The summed E-state index contributed by atoms with van der Waals surface area (Å²) in [6.07, 6.45) is 12.2. The van der Waals surface area contributed by atoms with Crippen LogP contribution in [0.3, 0.4) is 0 Å². The lowest BCUT2D eigenvalue weighted by Gasteiger charge is -2.16. The Kier molecular flexibility index (Phi) is 10.5. The standard InChI is InChI=1S/C20H36N6O.HI/c1-16-24-25-19(26(16)2)15-23-20(22-14-18-11-7-13-27-18)21-12-6-5-10-17-8-3-4-9-17;/h17-18H,3-15H2,1-2H3,(H2,21,22,23);1H. The largest absolute Gasteiger partial charge is 0.376 e. The van der Waals surface area contributed by atoms with Gasteiger partial charge in [0.25, 0.3) is 0 Å². The minimum Gasteiger partial charge on any atom is -0.376 e. The fraction of sp³-hybridized carbons (Fsp3) is 0.850. The molecule has 1 aliphatic heterocycles. The maximum atomic E-state index is 5.72. The first-order valence-corrected chi connectivity index (χ1v) is 10.7. The number of ether oxygens (including phenoxy) is 1. The molecule has 160 valence electrons. The predicted octanol–water partition coefficient (Wildman–Crippen LogP) is 3.32. The van der Waals surface area contributed by atoms with Crippen molar-refractivity contribution in [3.05, 3.63) is 11.6 Å². The van der Waals surface area contributed by atoms with Crippen LogP contribution in [0, 0.1) is 12.8 Å². The van der Waals surface area contributed by atoms with E-state index in [0.717, 1.165) is 56.1 Å². The summed E-state index contributed by atoms with van der Waals surface area (Å²) in [5, 5.41) is 15.3. The molecule has 2 heterocycles. The molecular weight excluding hydrogens is 467 g/mol. The Bertz CT molecular complexity index is 594. The van der Waals surface area contributed by atoms with Crippen molar-refractivity contribution >= 4 is 29.9 Å². The third kappa shape index (κ3) is 7.50. The topological polar surface area (TPSA) is 76.4 Å². The van der Waals surface area contributed by atoms with Crippen molar-refractivity contribution in [3.63, 3.8) is 0 Å². The van der Waals surface area contributed by atoms with Crippen molar-refractivity contribution in [3.8, 4) is 0 Å². The summed E-state index contributed by atoms with van der Waals surface area (Å²) >= 11 is 0. The smallest absolute Gasteiger partial charge is 0.191 e. The molecule has 1 saturated heterocycles. The molecule has 1 unspecified atom stereocenters. The molecular formula is C20H37IN6O. The molecule has 3 rings (SSSR count). The predicted molar refractivity (Wildman–Crippen MR) is 123 cm³/mol. The Balaban J connectivity index is 0.00000280. The van der Waals surface area contributed by atoms with E-state index < -0.39 is 0 Å². The minimum absolute atomic E-state index is 0. The molecule has 7 nitrogen and oxygen atoms in total. The molecule has 1 aromatic rings. The van der Waals surface area contributed by atoms with Gasteiger partial charge in [-0.05, 0) is 32.1 Å². The van der Waals surface area contributed by atoms with E-state index in [9.17, 15) is 0 Å². The number of guanidine groups is 1. The van der Waals surface area contributed by atoms with Crippen LogP contribution in [0.5, 0.6) is 0 Å². The molecule has 1 aliphatic carbocycles. The Hall–Kier alpha value is -0.900. The van der Waals surface area contributed by atoms with Gasteiger partial charge in [0, 0.05) is 26.7 Å². The van der Waals surface area contributed by atoms with Gasteiger partial charge in [-0.1, -0.05) is 38.5 Å². The first-order valence-electron chi connectivity index (χ1n) is 10.7. The number of nitrogens with one attached hydrogen (secondary N) is 2. The minimum atomic E-state index is 0. The highest BCUT2D eigenvalue weighted by molar-refractivity contribution is 14.0. The zero-order chi connectivity index (χ0) is 18.9. The van der Waals surface area contributed by atoms with Crippen LogP contribution in [0.15, 0.2) is 4.99 Å². The highest BCUT2D eigenvalue weighted by Crippen LogP contribution is 2.28. The first kappa shape index (κ1) is 23.4. The van der Waals surface area contributed by atoms with Crippen molar-refractivity contribution in [1.82, 2.24) is 25.4 Å². The van der Waals surface area contributed by atoms with E-state index in [1.807, 2.05) is 18.5 Å². The molecule has 0 spiro atoms. The van der Waals surface area contributed by atoms with E-state index in [1.165, 1.54) is 44.9 Å². The summed E-state index contributed by atoms with van der Waals surface area (Å²) in [6, 6.07) is 0. The van der Waals surface area contributed by atoms with Crippen LogP contribution in [0.4, 0.5) is 0 Å². The van der Waals surface area contributed by atoms with E-state index in [-0.39, 0.29) is 24.0 Å². The number of aromatic nitrogens is 3. The first-order chi connectivity index (χ1) is 13.2. The Morgan fingerprint density at radius 1 is 1.14 bits per heavy atom. The van der Waals surface area contributed by atoms with Gasteiger partial charge in [-0.25, -0.2) is 4.99 Å². The number of rotatable bonds is 9. The quantitative estimate of drug-likeness (QED) is 0.234. The van der Waals surface area contributed by atoms with E-state index in [4.69, 9.17) is 9.73 Å². The lowest BCUT2D eigenvalue weighted by Crippen LogP contribution is -2.41. The van der Waals surface area contributed by atoms with Crippen LogP contribution in [0.25, 0.3) is 0 Å². The molecule has 2 aliphatic rings. The van der Waals surface area contributed by atoms with Crippen molar-refractivity contribution in [2.45, 2.75) is 77.4 Å². The van der Waals surface area contributed by atoms with Crippen LogP contribution in [-0.4, -0.2) is 46.5 Å². The monoisotopic (exact) mass is 504 g/mol. The summed E-state index contributed by atoms with van der Waals surface area (Å²) in [7, 11) is 1.98. The van der Waals surface area contributed by atoms with Gasteiger partial charge in [-0.15, -0.1) is 34.2 Å². The summed E-state index contributed by atoms with van der Waals surface area (Å²) in [5.41, 5.74) is 0. The van der Waals surface area contributed by atoms with Crippen LogP contribution in [-0.2, 0) is 18.3 Å². The summed E-state index contributed by atoms with van der Waals surface area (Å²) in [4.78, 5) is 4.72. The molecule has 2 N–H and O–H groups in total. The maximum absolute atomic E-state index is 5.72. The third-order valence-electron chi connectivity index (χ3n) is 5.89. The molecule has 0 aromatic carbocycles. The van der Waals surface area contributed by atoms with Crippen molar-refractivity contribution < 1.29 is 4.74 Å². The number of nitrogens with zero attached hydrogens (tertiary/aromatic N) is 4. The fourth-order valence-electron chi connectivity index (χ4n) is 3.99. The van der Waals surface area contributed by atoms with Gasteiger partial charge < -0.3 is 19.9 Å². The third-order valence-corrected chi connectivity index (χ3v) is 5.89. The van der Waals surface area contributed by atoms with Crippen LogP contribution >= 0.6 is 24.0 Å². The lowest BCUT2D eigenvalue weighted by molar-refractivity contribution is 0.114. The molecule has 1 saturated carbocycles. The average Bonchev–Trinajstić information content (AvgIpc) is 3.42. The maximum Gasteiger partial charge on any atom is 0.191 e. The zero-order valence-corrected chi connectivity index (χ0v) is 19.8. The molecule has 8 heteroatoms. The highest BCUT2D eigenvalue weighted by Gasteiger charge is 2.16. The van der Waals surface area contributed by atoms with Crippen LogP contribution in [0.1, 0.15) is 69.4 Å². The molecule has 0 amide bonds. The van der Waals surface area contributed by atoms with Gasteiger partial charge in [-0.3, -0.25) is 0 Å². The fourth-order valence-corrected chi connectivity index (χ4v) is 3.99. The molecule has 0 radical (unpaired) electrons. The van der Waals surface area contributed by atoms with Gasteiger partial charge in [0.15, 0.2) is 11.8 Å². The second-order valence-corrected chi connectivity index (χ2v) is 7.98. The number of aryl methyl sites for hydroxylation is 1. The average molecular weight is 504 g/mol. The van der Waals surface area contributed by atoms with Crippen molar-refractivity contribution in [2.24, 2.45) is 18.0 Å². The molecule has 0 bridgehead atoms. The van der Waals surface area contributed by atoms with Gasteiger partial charge >= 0.3 is 0 Å². The van der Waals surface area contributed by atoms with E-state index in [1.54, 1.807) is 0 Å².